The number of carboxylic acids is 1. The number of aliphatic carboxylic acids is 1. The van der Waals surface area contributed by atoms with E-state index < -0.39 is 11.9 Å². The Bertz CT molecular complexity index is 403. The largest absolute Gasteiger partial charge is 0.480 e. The molecule has 5 nitrogen and oxygen atoms in total. The Hall–Kier alpha value is -2.04. The van der Waals surface area contributed by atoms with Crippen LogP contribution in [0.15, 0.2) is 30.3 Å². The molecule has 1 rings (SSSR count). The zero-order valence-electron chi connectivity index (χ0n) is 10.5. The molecule has 0 bridgehead atoms. The van der Waals surface area contributed by atoms with Gasteiger partial charge in [-0.05, 0) is 26.0 Å². The van der Waals surface area contributed by atoms with Crippen molar-refractivity contribution in [3.8, 4) is 0 Å². The zero-order valence-corrected chi connectivity index (χ0v) is 10.5. The van der Waals surface area contributed by atoms with E-state index in [9.17, 15) is 9.59 Å². The van der Waals surface area contributed by atoms with Crippen LogP contribution in [0.4, 0.5) is 5.69 Å². The molecule has 0 radical (unpaired) electrons. The summed E-state index contributed by atoms with van der Waals surface area (Å²) in [5.74, 6) is -1.42. The Kier molecular flexibility index (Phi) is 5.17. The summed E-state index contributed by atoms with van der Waals surface area (Å²) in [6.07, 6.45) is -0.208. The normalized spacial score (nSPS) is 10.2. The maximum Gasteiger partial charge on any atom is 0.325 e. The van der Waals surface area contributed by atoms with Crippen LogP contribution in [0.25, 0.3) is 0 Å². The lowest BCUT2D eigenvalue weighted by Crippen LogP contribution is -2.36. The lowest BCUT2D eigenvalue weighted by atomic mass is 10.3. The fourth-order valence-corrected chi connectivity index (χ4v) is 1.50. The summed E-state index contributed by atoms with van der Waals surface area (Å²) >= 11 is 0. The topological polar surface area (TPSA) is 66.8 Å². The number of ether oxygens (including phenoxy) is 1. The molecule has 18 heavy (non-hydrogen) atoms. The molecule has 0 saturated carbocycles. The molecule has 1 N–H and O–H groups in total. The lowest BCUT2D eigenvalue weighted by Gasteiger charge is -2.22. The van der Waals surface area contributed by atoms with Gasteiger partial charge in [-0.1, -0.05) is 18.2 Å². The van der Waals surface area contributed by atoms with Gasteiger partial charge >= 0.3 is 11.9 Å². The monoisotopic (exact) mass is 251 g/mol. The van der Waals surface area contributed by atoms with E-state index in [1.807, 2.05) is 6.07 Å². The molecular weight excluding hydrogens is 234 g/mol. The molecule has 1 aromatic rings. The molecule has 0 fully saturated rings. The number of anilines is 1. The highest BCUT2D eigenvalue weighted by atomic mass is 16.5. The highest BCUT2D eigenvalue weighted by Gasteiger charge is 2.16. The third-order valence-electron chi connectivity index (χ3n) is 2.13. The van der Waals surface area contributed by atoms with Crippen LogP contribution >= 0.6 is 0 Å². The van der Waals surface area contributed by atoms with Crippen LogP contribution in [0.1, 0.15) is 13.8 Å². The number of carboxylic acid groups (broad SMARTS) is 1. The van der Waals surface area contributed by atoms with Crippen molar-refractivity contribution < 1.29 is 19.4 Å². The number of nitrogens with zero attached hydrogens (tertiary/aromatic N) is 1. The maximum absolute atomic E-state index is 11.6. The molecule has 0 spiro atoms. The van der Waals surface area contributed by atoms with Gasteiger partial charge in [-0.3, -0.25) is 9.59 Å². The minimum absolute atomic E-state index is 0.0749. The molecule has 98 valence electrons. The van der Waals surface area contributed by atoms with Crippen molar-refractivity contribution in [2.75, 3.05) is 18.0 Å². The van der Waals surface area contributed by atoms with Crippen LogP contribution in [-0.4, -0.2) is 36.2 Å². The SMILES string of the molecule is CC(C)OC(=O)CN(CC(=O)O)c1ccccc1. The highest BCUT2D eigenvalue weighted by Crippen LogP contribution is 2.12. The van der Waals surface area contributed by atoms with E-state index in [0.717, 1.165) is 0 Å². The Morgan fingerprint density at radius 1 is 1.22 bits per heavy atom. The average Bonchev–Trinajstić information content (AvgIpc) is 2.27. The summed E-state index contributed by atoms with van der Waals surface area (Å²) in [5, 5.41) is 8.85. The van der Waals surface area contributed by atoms with Gasteiger partial charge in [-0.25, -0.2) is 0 Å². The molecule has 0 aliphatic rings. The van der Waals surface area contributed by atoms with Crippen molar-refractivity contribution in [2.45, 2.75) is 20.0 Å². The predicted octanol–water partition coefficient (Wildman–Crippen LogP) is 1.53. The fraction of sp³-hybridized carbons (Fsp3) is 0.385. The highest BCUT2D eigenvalue weighted by molar-refractivity contribution is 5.80. The molecule has 5 heteroatoms. The van der Waals surface area contributed by atoms with Gasteiger partial charge < -0.3 is 14.7 Å². The zero-order chi connectivity index (χ0) is 13.5. The second-order valence-corrected chi connectivity index (χ2v) is 4.12. The van der Waals surface area contributed by atoms with Crippen LogP contribution in [0.3, 0.4) is 0 Å². The fourth-order valence-electron chi connectivity index (χ4n) is 1.50. The summed E-state index contributed by atoms with van der Waals surface area (Å²) in [6.45, 7) is 3.19. The Labute approximate surface area is 106 Å². The van der Waals surface area contributed by atoms with E-state index in [-0.39, 0.29) is 19.2 Å². The van der Waals surface area contributed by atoms with Gasteiger partial charge in [-0.2, -0.15) is 0 Å². The number of rotatable bonds is 6. The smallest absolute Gasteiger partial charge is 0.325 e. The number of esters is 1. The number of para-hydroxylation sites is 1. The van der Waals surface area contributed by atoms with Gasteiger partial charge in [0.05, 0.1) is 6.10 Å². The number of carbonyl (C=O) groups is 2. The molecule has 0 aliphatic carbocycles. The van der Waals surface area contributed by atoms with Crippen molar-refractivity contribution in [1.82, 2.24) is 0 Å². The quantitative estimate of drug-likeness (QED) is 0.777. The number of carbonyl (C=O) groups excluding carboxylic acids is 1. The van der Waals surface area contributed by atoms with Gasteiger partial charge in [-0.15, -0.1) is 0 Å². The molecule has 0 amide bonds. The van der Waals surface area contributed by atoms with Gasteiger partial charge in [0.15, 0.2) is 0 Å². The third kappa shape index (κ3) is 4.86. The second-order valence-electron chi connectivity index (χ2n) is 4.12. The van der Waals surface area contributed by atoms with Crippen molar-refractivity contribution >= 4 is 17.6 Å². The maximum atomic E-state index is 11.6. The molecule has 0 unspecified atom stereocenters. The molecule has 0 saturated heterocycles. The molecule has 0 aromatic heterocycles. The first-order valence-corrected chi connectivity index (χ1v) is 5.70. The van der Waals surface area contributed by atoms with Crippen LogP contribution in [0, 0.1) is 0 Å². The summed E-state index contributed by atoms with van der Waals surface area (Å²) in [7, 11) is 0. The van der Waals surface area contributed by atoms with Crippen molar-refractivity contribution in [2.24, 2.45) is 0 Å². The van der Waals surface area contributed by atoms with Gasteiger partial charge in [0.25, 0.3) is 0 Å². The molecule has 0 atom stereocenters. The van der Waals surface area contributed by atoms with E-state index in [0.29, 0.717) is 5.69 Å². The first-order chi connectivity index (χ1) is 8.49. The van der Waals surface area contributed by atoms with E-state index >= 15 is 0 Å². The van der Waals surface area contributed by atoms with Crippen molar-refractivity contribution in [1.29, 1.82) is 0 Å². The summed E-state index contributed by atoms with van der Waals surface area (Å²) in [4.78, 5) is 23.8. The second kappa shape index (κ2) is 6.64. The summed E-state index contributed by atoms with van der Waals surface area (Å²) in [5.41, 5.74) is 0.681. The molecule has 0 aliphatic heterocycles. The Morgan fingerprint density at radius 2 is 1.83 bits per heavy atom. The first-order valence-electron chi connectivity index (χ1n) is 5.70. The molecule has 1 aromatic carbocycles. The summed E-state index contributed by atoms with van der Waals surface area (Å²) < 4.78 is 5.01. The molecule has 0 heterocycles. The van der Waals surface area contributed by atoms with Gasteiger partial charge in [0, 0.05) is 5.69 Å². The Balaban J connectivity index is 2.73. The van der Waals surface area contributed by atoms with Gasteiger partial charge in [0.1, 0.15) is 13.1 Å². The number of hydrogen-bond donors (Lipinski definition) is 1. The van der Waals surface area contributed by atoms with E-state index in [1.165, 1.54) is 4.90 Å². The van der Waals surface area contributed by atoms with Gasteiger partial charge in [0.2, 0.25) is 0 Å². The van der Waals surface area contributed by atoms with Crippen molar-refractivity contribution in [3.63, 3.8) is 0 Å². The Morgan fingerprint density at radius 3 is 2.33 bits per heavy atom. The number of hydrogen-bond acceptors (Lipinski definition) is 4. The first kappa shape index (κ1) is 14.0. The average molecular weight is 251 g/mol. The summed E-state index contributed by atoms with van der Waals surface area (Å²) in [6, 6.07) is 8.92. The van der Waals surface area contributed by atoms with E-state index in [2.05, 4.69) is 0 Å². The number of benzene rings is 1. The van der Waals surface area contributed by atoms with Crippen LogP contribution in [-0.2, 0) is 14.3 Å². The van der Waals surface area contributed by atoms with Crippen molar-refractivity contribution in [3.05, 3.63) is 30.3 Å². The van der Waals surface area contributed by atoms with Crippen LogP contribution < -0.4 is 4.90 Å². The third-order valence-corrected chi connectivity index (χ3v) is 2.13. The molecular formula is C13H17NO4. The lowest BCUT2D eigenvalue weighted by molar-refractivity contribution is -0.145. The van der Waals surface area contributed by atoms with E-state index in [1.54, 1.807) is 38.1 Å². The van der Waals surface area contributed by atoms with E-state index in [4.69, 9.17) is 9.84 Å². The van der Waals surface area contributed by atoms with Crippen LogP contribution in [0.5, 0.6) is 0 Å². The standard InChI is InChI=1S/C13H17NO4/c1-10(2)18-13(17)9-14(8-12(15)16)11-6-4-3-5-7-11/h3-7,10H,8-9H2,1-2H3,(H,15,16). The van der Waals surface area contributed by atoms with Crippen LogP contribution in [0.2, 0.25) is 0 Å². The minimum atomic E-state index is -0.990. The predicted molar refractivity (Wildman–Crippen MR) is 67.5 cm³/mol. The minimum Gasteiger partial charge on any atom is -0.480 e.